The molecule has 0 bridgehead atoms. The van der Waals surface area contributed by atoms with Crippen molar-refractivity contribution in [2.24, 2.45) is 0 Å². The Hall–Kier alpha value is -3.20. The number of hydrogen-bond acceptors (Lipinski definition) is 6. The normalized spacial score (nSPS) is 13.9. The lowest BCUT2D eigenvalue weighted by molar-refractivity contribution is -0.123. The number of carbonyl (C=O) groups is 3. The van der Waals surface area contributed by atoms with Crippen molar-refractivity contribution in [2.45, 2.75) is 52.1 Å². The van der Waals surface area contributed by atoms with Crippen LogP contribution in [0.1, 0.15) is 52.2 Å². The largest absolute Gasteiger partial charge is 0.451 e. The highest BCUT2D eigenvalue weighted by molar-refractivity contribution is 7.20. The van der Waals surface area contributed by atoms with Crippen molar-refractivity contribution in [1.29, 1.82) is 0 Å². The summed E-state index contributed by atoms with van der Waals surface area (Å²) in [7, 11) is 0. The van der Waals surface area contributed by atoms with E-state index >= 15 is 0 Å². The summed E-state index contributed by atoms with van der Waals surface area (Å²) in [6.45, 7) is 4.02. The molecule has 2 heterocycles. The number of hydrogen-bond donors (Lipinski definition) is 2. The summed E-state index contributed by atoms with van der Waals surface area (Å²) in [5.41, 5.74) is 3.13. The molecule has 168 valence electrons. The molecule has 1 aromatic carbocycles. The van der Waals surface area contributed by atoms with E-state index in [2.05, 4.69) is 40.0 Å². The quantitative estimate of drug-likeness (QED) is 0.553. The van der Waals surface area contributed by atoms with Crippen LogP contribution >= 0.6 is 11.3 Å². The molecule has 32 heavy (non-hydrogen) atoms. The number of ether oxygens (including phenoxy) is 1. The maximum Gasteiger partial charge on any atom is 0.348 e. The van der Waals surface area contributed by atoms with Gasteiger partial charge in [0.05, 0.1) is 12.2 Å². The summed E-state index contributed by atoms with van der Waals surface area (Å²) < 4.78 is 6.99. The number of aryl methyl sites for hydroxylation is 2. The Morgan fingerprint density at radius 2 is 1.88 bits per heavy atom. The lowest BCUT2D eigenvalue weighted by atomic mass is 10.1. The Balaban J connectivity index is 1.35. The number of thiophene rings is 1. The summed E-state index contributed by atoms with van der Waals surface area (Å²) >= 11 is 1.28. The summed E-state index contributed by atoms with van der Waals surface area (Å²) in [4.78, 5) is 37.6. The van der Waals surface area contributed by atoms with Crippen LogP contribution in [0.2, 0.25) is 0 Å². The Labute approximate surface area is 189 Å². The molecule has 0 spiro atoms. The molecule has 0 atom stereocenters. The van der Waals surface area contributed by atoms with E-state index in [1.807, 2.05) is 18.5 Å². The van der Waals surface area contributed by atoms with E-state index in [0.29, 0.717) is 11.4 Å². The van der Waals surface area contributed by atoms with Crippen LogP contribution in [-0.4, -0.2) is 40.3 Å². The van der Waals surface area contributed by atoms with E-state index < -0.39 is 24.5 Å². The summed E-state index contributed by atoms with van der Waals surface area (Å²) in [5, 5.41) is 10.4. The lowest BCUT2D eigenvalue weighted by Gasteiger charge is -2.12. The third-order valence-corrected chi connectivity index (χ3v) is 6.67. The van der Waals surface area contributed by atoms with Crippen molar-refractivity contribution in [3.63, 3.8) is 0 Å². The fraction of sp³-hybridized carbons (Fsp3) is 0.391. The van der Waals surface area contributed by atoms with Crippen LogP contribution in [0.5, 0.6) is 0 Å². The number of imide groups is 1. The van der Waals surface area contributed by atoms with Gasteiger partial charge in [-0.3, -0.25) is 14.8 Å². The summed E-state index contributed by atoms with van der Waals surface area (Å²) in [6, 6.07) is 9.52. The van der Waals surface area contributed by atoms with E-state index in [1.54, 1.807) is 6.07 Å². The van der Waals surface area contributed by atoms with E-state index in [0.717, 1.165) is 47.2 Å². The fourth-order valence-corrected chi connectivity index (χ4v) is 4.90. The van der Waals surface area contributed by atoms with Crippen LogP contribution in [0.3, 0.4) is 0 Å². The fourth-order valence-electron chi connectivity index (χ4n) is 3.84. The number of urea groups is 1. The molecular weight excluding hydrogens is 428 g/mol. The second-order valence-corrected chi connectivity index (χ2v) is 9.17. The molecule has 1 fully saturated rings. The van der Waals surface area contributed by atoms with Crippen LogP contribution in [0.25, 0.3) is 10.2 Å². The van der Waals surface area contributed by atoms with Crippen LogP contribution in [0, 0.1) is 13.8 Å². The summed E-state index contributed by atoms with van der Waals surface area (Å²) in [5.74, 6) is -1.25. The molecule has 3 amide bonds. The topological polar surface area (TPSA) is 102 Å². The first-order chi connectivity index (χ1) is 15.4. The molecule has 0 radical (unpaired) electrons. The van der Waals surface area contributed by atoms with Gasteiger partial charge in [0, 0.05) is 11.4 Å². The zero-order chi connectivity index (χ0) is 22.7. The summed E-state index contributed by atoms with van der Waals surface area (Å²) in [6.07, 6.45) is 3.99. The number of rotatable bonds is 6. The number of carbonyl (C=O) groups excluding carboxylic acids is 3. The minimum atomic E-state index is -0.656. The molecule has 0 unspecified atom stereocenters. The Bertz CT molecular complexity index is 1140. The van der Waals surface area contributed by atoms with Gasteiger partial charge in [-0.05, 0) is 38.3 Å². The van der Waals surface area contributed by atoms with Crippen molar-refractivity contribution < 1.29 is 19.1 Å². The molecule has 1 aliphatic rings. The van der Waals surface area contributed by atoms with Gasteiger partial charge in [-0.1, -0.05) is 42.7 Å². The molecule has 8 nitrogen and oxygen atoms in total. The van der Waals surface area contributed by atoms with Crippen LogP contribution in [0.4, 0.5) is 4.79 Å². The maximum absolute atomic E-state index is 12.5. The Morgan fingerprint density at radius 3 is 2.59 bits per heavy atom. The predicted octanol–water partition coefficient (Wildman–Crippen LogP) is 3.69. The van der Waals surface area contributed by atoms with Gasteiger partial charge >= 0.3 is 12.0 Å². The number of nitrogens with zero attached hydrogens (tertiary/aromatic N) is 2. The number of fused-ring (bicyclic) bond motifs is 1. The highest BCUT2D eigenvalue weighted by Crippen LogP contribution is 2.29. The number of amides is 3. The van der Waals surface area contributed by atoms with Crippen LogP contribution < -0.4 is 10.6 Å². The molecule has 1 aliphatic carbocycles. The zero-order valence-electron chi connectivity index (χ0n) is 18.1. The van der Waals surface area contributed by atoms with E-state index in [1.165, 1.54) is 16.9 Å². The first-order valence-electron chi connectivity index (χ1n) is 10.7. The van der Waals surface area contributed by atoms with Crippen molar-refractivity contribution in [1.82, 2.24) is 20.4 Å². The van der Waals surface area contributed by atoms with Gasteiger partial charge in [0.1, 0.15) is 9.71 Å². The van der Waals surface area contributed by atoms with Gasteiger partial charge < -0.3 is 10.1 Å². The predicted molar refractivity (Wildman–Crippen MR) is 122 cm³/mol. The third-order valence-electron chi connectivity index (χ3n) is 5.54. The molecule has 0 saturated heterocycles. The SMILES string of the molecule is Cc1ccc(Cn2nc(C)c3cc(C(=O)OCC(=O)NC(=O)NC4CCCC4)sc32)cc1. The Kier molecular flexibility index (Phi) is 6.55. The first-order valence-corrected chi connectivity index (χ1v) is 11.5. The van der Waals surface area contributed by atoms with Crippen molar-refractivity contribution in [2.75, 3.05) is 6.61 Å². The lowest BCUT2D eigenvalue weighted by Crippen LogP contribution is -2.44. The highest BCUT2D eigenvalue weighted by Gasteiger charge is 2.20. The van der Waals surface area contributed by atoms with Crippen molar-refractivity contribution in [3.05, 3.63) is 52.0 Å². The average molecular weight is 455 g/mol. The van der Waals surface area contributed by atoms with Gasteiger partial charge in [0.25, 0.3) is 5.91 Å². The molecule has 9 heteroatoms. The minimum Gasteiger partial charge on any atom is -0.451 e. The monoisotopic (exact) mass is 454 g/mol. The smallest absolute Gasteiger partial charge is 0.348 e. The second kappa shape index (κ2) is 9.52. The van der Waals surface area contributed by atoms with E-state index in [9.17, 15) is 14.4 Å². The molecular formula is C23H26N4O4S. The molecule has 0 aliphatic heterocycles. The number of esters is 1. The van der Waals surface area contributed by atoms with E-state index in [4.69, 9.17) is 4.74 Å². The van der Waals surface area contributed by atoms with Gasteiger partial charge in [0.15, 0.2) is 6.61 Å². The molecule has 4 rings (SSSR count). The molecule has 2 aromatic heterocycles. The standard InChI is InChI=1S/C23H26N4O4S/c1-14-7-9-16(10-8-14)12-27-21-18(15(2)26-27)11-19(32-21)22(29)31-13-20(28)25-23(30)24-17-5-3-4-6-17/h7-11,17H,3-6,12-13H2,1-2H3,(H2,24,25,28,30). The van der Waals surface area contributed by atoms with Crippen LogP contribution in [0.15, 0.2) is 30.3 Å². The van der Waals surface area contributed by atoms with Crippen molar-refractivity contribution >= 4 is 39.5 Å². The Morgan fingerprint density at radius 1 is 1.16 bits per heavy atom. The molecule has 2 N–H and O–H groups in total. The zero-order valence-corrected chi connectivity index (χ0v) is 19.0. The number of benzene rings is 1. The van der Waals surface area contributed by atoms with Crippen molar-refractivity contribution in [3.8, 4) is 0 Å². The van der Waals surface area contributed by atoms with Gasteiger partial charge in [-0.15, -0.1) is 11.3 Å². The third kappa shape index (κ3) is 5.16. The van der Waals surface area contributed by atoms with Gasteiger partial charge in [-0.2, -0.15) is 5.10 Å². The molecule has 3 aromatic rings. The number of aromatic nitrogens is 2. The first kappa shape index (κ1) is 22.0. The average Bonchev–Trinajstić information content (AvgIpc) is 3.48. The minimum absolute atomic E-state index is 0.103. The highest BCUT2D eigenvalue weighted by atomic mass is 32.1. The molecule has 1 saturated carbocycles. The van der Waals surface area contributed by atoms with Gasteiger partial charge in [-0.25, -0.2) is 9.59 Å². The van der Waals surface area contributed by atoms with E-state index in [-0.39, 0.29) is 6.04 Å². The number of nitrogens with one attached hydrogen (secondary N) is 2. The van der Waals surface area contributed by atoms with Crippen LogP contribution in [-0.2, 0) is 16.1 Å². The maximum atomic E-state index is 12.5. The van der Waals surface area contributed by atoms with Gasteiger partial charge in [0.2, 0.25) is 0 Å². The second-order valence-electron chi connectivity index (χ2n) is 8.14.